The van der Waals surface area contributed by atoms with Crippen LogP contribution in [-0.4, -0.2) is 17.5 Å². The molecule has 2 N–H and O–H groups in total. The van der Waals surface area contributed by atoms with Crippen molar-refractivity contribution in [3.05, 3.63) is 71.4 Å². The molecule has 0 atom stereocenters. The molecule has 0 aliphatic rings. The van der Waals surface area contributed by atoms with Crippen LogP contribution in [0.4, 0.5) is 0 Å². The van der Waals surface area contributed by atoms with Gasteiger partial charge in [0.15, 0.2) is 0 Å². The van der Waals surface area contributed by atoms with E-state index in [1.54, 1.807) is 0 Å². The van der Waals surface area contributed by atoms with Gasteiger partial charge in [-0.3, -0.25) is 4.79 Å². The van der Waals surface area contributed by atoms with Crippen molar-refractivity contribution in [2.24, 2.45) is 0 Å². The Morgan fingerprint density at radius 3 is 2.65 bits per heavy atom. The van der Waals surface area contributed by atoms with E-state index in [4.69, 9.17) is 4.74 Å². The third kappa shape index (κ3) is 4.96. The van der Waals surface area contributed by atoms with Crippen LogP contribution in [-0.2, 0) is 29.1 Å². The summed E-state index contributed by atoms with van der Waals surface area (Å²) in [6.45, 7) is 3.91. The van der Waals surface area contributed by atoms with Gasteiger partial charge in [-0.15, -0.1) is 0 Å². The number of H-pyrrole nitrogens is 1. The van der Waals surface area contributed by atoms with Crippen LogP contribution in [0.15, 0.2) is 54.7 Å². The Morgan fingerprint density at radius 2 is 1.85 bits per heavy atom. The summed E-state index contributed by atoms with van der Waals surface area (Å²) in [5.74, 6) is 0.100. The topological polar surface area (TPSA) is 54.1 Å². The van der Waals surface area contributed by atoms with Crippen LogP contribution in [0.2, 0.25) is 0 Å². The average molecular weight is 350 g/mol. The number of ether oxygens (including phenoxy) is 1. The van der Waals surface area contributed by atoms with E-state index < -0.39 is 0 Å². The maximum absolute atomic E-state index is 12.1. The van der Waals surface area contributed by atoms with Crippen LogP contribution < -0.4 is 5.32 Å². The number of aromatic amines is 1. The van der Waals surface area contributed by atoms with Crippen LogP contribution in [0.3, 0.4) is 0 Å². The Kier molecular flexibility index (Phi) is 6.45. The highest BCUT2D eigenvalue weighted by molar-refractivity contribution is 5.83. The molecule has 4 nitrogen and oxygen atoms in total. The minimum Gasteiger partial charge on any atom is -0.377 e. The van der Waals surface area contributed by atoms with Gasteiger partial charge < -0.3 is 15.0 Å². The molecule has 4 heteroatoms. The van der Waals surface area contributed by atoms with Crippen molar-refractivity contribution < 1.29 is 9.53 Å². The van der Waals surface area contributed by atoms with Crippen molar-refractivity contribution in [1.82, 2.24) is 10.3 Å². The fourth-order valence-electron chi connectivity index (χ4n) is 3.04. The number of aromatic nitrogens is 1. The van der Waals surface area contributed by atoms with Crippen molar-refractivity contribution in [3.8, 4) is 0 Å². The van der Waals surface area contributed by atoms with Crippen molar-refractivity contribution in [2.45, 2.75) is 39.3 Å². The summed E-state index contributed by atoms with van der Waals surface area (Å²) in [5.41, 5.74) is 4.69. The molecule has 0 aliphatic heterocycles. The highest BCUT2D eigenvalue weighted by Crippen LogP contribution is 2.19. The van der Waals surface area contributed by atoms with Crippen molar-refractivity contribution >= 4 is 16.8 Å². The molecular formula is C22H26N2O2. The molecule has 1 aromatic heterocycles. The molecule has 0 saturated heterocycles. The fourth-order valence-corrected chi connectivity index (χ4v) is 3.04. The van der Waals surface area contributed by atoms with Gasteiger partial charge in [-0.2, -0.15) is 0 Å². The highest BCUT2D eigenvalue weighted by Gasteiger charge is 2.05. The first-order chi connectivity index (χ1) is 12.8. The van der Waals surface area contributed by atoms with Crippen LogP contribution in [0.5, 0.6) is 0 Å². The molecule has 0 fully saturated rings. The number of amides is 1. The van der Waals surface area contributed by atoms with Crippen LogP contribution in [0.1, 0.15) is 36.5 Å². The summed E-state index contributed by atoms with van der Waals surface area (Å²) in [6.07, 6.45) is 4.35. The molecule has 0 bridgehead atoms. The fraction of sp³-hybridized carbons (Fsp3) is 0.318. The second-order valence-corrected chi connectivity index (χ2v) is 6.44. The Hall–Kier alpha value is -2.59. The maximum atomic E-state index is 12.1. The summed E-state index contributed by atoms with van der Waals surface area (Å²) in [4.78, 5) is 15.4. The first-order valence-electron chi connectivity index (χ1n) is 9.23. The van der Waals surface area contributed by atoms with Gasteiger partial charge in [-0.1, -0.05) is 42.5 Å². The van der Waals surface area contributed by atoms with E-state index in [0.717, 1.165) is 36.1 Å². The Morgan fingerprint density at radius 1 is 1.08 bits per heavy atom. The predicted molar refractivity (Wildman–Crippen MR) is 105 cm³/mol. The zero-order valence-electron chi connectivity index (χ0n) is 15.3. The van der Waals surface area contributed by atoms with Crippen LogP contribution in [0, 0.1) is 0 Å². The Bertz CT molecular complexity index is 837. The number of rotatable bonds is 9. The lowest BCUT2D eigenvalue weighted by molar-refractivity contribution is -0.121. The lowest BCUT2D eigenvalue weighted by Gasteiger charge is -2.07. The molecular weight excluding hydrogens is 324 g/mol. The quantitative estimate of drug-likeness (QED) is 0.603. The molecule has 2 aromatic carbocycles. The lowest BCUT2D eigenvalue weighted by atomic mass is 10.1. The smallest absolute Gasteiger partial charge is 0.220 e. The Labute approximate surface area is 154 Å². The molecule has 26 heavy (non-hydrogen) atoms. The van der Waals surface area contributed by atoms with E-state index in [1.807, 2.05) is 49.5 Å². The number of aryl methyl sites for hydroxylation is 1. The number of benzene rings is 2. The Balaban J connectivity index is 1.40. The SMILES string of the molecule is CCOCc1ccc(CNC(=O)CCCc2c[nH]c3ccccc23)cc1. The predicted octanol–water partition coefficient (Wildman–Crippen LogP) is 4.34. The van der Waals surface area contributed by atoms with Crippen molar-refractivity contribution in [2.75, 3.05) is 6.61 Å². The summed E-state index contributed by atoms with van der Waals surface area (Å²) in [6, 6.07) is 16.5. The van der Waals surface area contributed by atoms with Crippen molar-refractivity contribution in [3.63, 3.8) is 0 Å². The third-order valence-electron chi connectivity index (χ3n) is 4.51. The summed E-state index contributed by atoms with van der Waals surface area (Å²) in [7, 11) is 0. The minimum atomic E-state index is 0.100. The molecule has 0 saturated carbocycles. The summed E-state index contributed by atoms with van der Waals surface area (Å²) < 4.78 is 5.39. The standard InChI is InChI=1S/C22H26N2O2/c1-2-26-16-18-12-10-17(11-13-18)14-24-22(25)9-5-6-19-15-23-21-8-4-3-7-20(19)21/h3-4,7-8,10-13,15,23H,2,5-6,9,14,16H2,1H3,(H,24,25). The second-order valence-electron chi connectivity index (χ2n) is 6.44. The lowest BCUT2D eigenvalue weighted by Crippen LogP contribution is -2.22. The average Bonchev–Trinajstić information content (AvgIpc) is 3.09. The number of para-hydroxylation sites is 1. The minimum absolute atomic E-state index is 0.100. The maximum Gasteiger partial charge on any atom is 0.220 e. The van der Waals surface area contributed by atoms with Gasteiger partial charge in [-0.25, -0.2) is 0 Å². The monoisotopic (exact) mass is 350 g/mol. The van der Waals surface area contributed by atoms with Crippen LogP contribution in [0.25, 0.3) is 10.9 Å². The first-order valence-corrected chi connectivity index (χ1v) is 9.23. The number of hydrogen-bond acceptors (Lipinski definition) is 2. The van der Waals surface area contributed by atoms with Gasteiger partial charge in [0.25, 0.3) is 0 Å². The summed E-state index contributed by atoms with van der Waals surface area (Å²) in [5, 5.41) is 4.25. The third-order valence-corrected chi connectivity index (χ3v) is 4.51. The molecule has 0 unspecified atom stereocenters. The van der Waals surface area contributed by atoms with Crippen molar-refractivity contribution in [1.29, 1.82) is 0 Å². The van der Waals surface area contributed by atoms with Gasteiger partial charge in [0, 0.05) is 36.7 Å². The first kappa shape index (κ1) is 18.2. The van der Waals surface area contributed by atoms with E-state index in [2.05, 4.69) is 22.4 Å². The molecule has 1 heterocycles. The van der Waals surface area contributed by atoms with Gasteiger partial charge in [0.1, 0.15) is 0 Å². The van der Waals surface area contributed by atoms with E-state index in [-0.39, 0.29) is 5.91 Å². The number of carbonyl (C=O) groups excluding carboxylic acids is 1. The second kappa shape index (κ2) is 9.20. The van der Waals surface area contributed by atoms with E-state index >= 15 is 0 Å². The van der Waals surface area contributed by atoms with Gasteiger partial charge in [0.05, 0.1) is 6.61 Å². The number of carbonyl (C=O) groups is 1. The molecule has 0 aliphatic carbocycles. The van der Waals surface area contributed by atoms with Crippen LogP contribution >= 0.6 is 0 Å². The van der Waals surface area contributed by atoms with E-state index in [9.17, 15) is 4.79 Å². The molecule has 3 aromatic rings. The molecule has 0 spiro atoms. The van der Waals surface area contributed by atoms with E-state index in [1.165, 1.54) is 10.9 Å². The molecule has 1 amide bonds. The number of nitrogens with one attached hydrogen (secondary N) is 2. The molecule has 136 valence electrons. The number of fused-ring (bicyclic) bond motifs is 1. The summed E-state index contributed by atoms with van der Waals surface area (Å²) >= 11 is 0. The van der Waals surface area contributed by atoms with E-state index in [0.29, 0.717) is 19.6 Å². The molecule has 0 radical (unpaired) electrons. The normalized spacial score (nSPS) is 11.0. The molecule has 3 rings (SSSR count). The van der Waals surface area contributed by atoms with Gasteiger partial charge in [-0.05, 0) is 42.5 Å². The largest absolute Gasteiger partial charge is 0.377 e. The zero-order valence-corrected chi connectivity index (χ0v) is 15.3. The number of hydrogen-bond donors (Lipinski definition) is 2. The van der Waals surface area contributed by atoms with Gasteiger partial charge >= 0.3 is 0 Å². The highest BCUT2D eigenvalue weighted by atomic mass is 16.5. The zero-order chi connectivity index (χ0) is 18.2. The van der Waals surface area contributed by atoms with Gasteiger partial charge in [0.2, 0.25) is 5.91 Å².